The molecule has 0 atom stereocenters. The van der Waals surface area contributed by atoms with Crippen LogP contribution in [0, 0.1) is 0 Å². The zero-order valence-corrected chi connectivity index (χ0v) is 10.6. The lowest BCUT2D eigenvalue weighted by Gasteiger charge is -2.28. The molecule has 1 aliphatic heterocycles. The van der Waals surface area contributed by atoms with Crippen LogP contribution in [0.1, 0.15) is 5.56 Å². The molecule has 0 aromatic heterocycles. The smallest absolute Gasteiger partial charge is 0.170 e. The van der Waals surface area contributed by atoms with E-state index >= 15 is 0 Å². The van der Waals surface area contributed by atoms with Gasteiger partial charge in [-0.1, -0.05) is 5.16 Å². The number of oxime groups is 1. The highest BCUT2D eigenvalue weighted by Crippen LogP contribution is 2.17. The minimum absolute atomic E-state index is 0.0581. The summed E-state index contributed by atoms with van der Waals surface area (Å²) in [5, 5.41) is 11.5. The number of nitrogens with zero attached hydrogens (tertiary/aromatic N) is 2. The maximum atomic E-state index is 11.3. The average Bonchev–Trinajstić information content (AvgIpc) is 2.38. The van der Waals surface area contributed by atoms with Crippen LogP contribution >= 0.6 is 0 Å². The van der Waals surface area contributed by atoms with Gasteiger partial charge in [-0.05, 0) is 24.3 Å². The highest BCUT2D eigenvalue weighted by atomic mass is 32.2. The number of hydrogen-bond acceptors (Lipinski definition) is 5. The molecule has 1 aromatic rings. The standard InChI is InChI=1S/C11H15N3O3S/c12-11(13-15)9-1-3-10(4-2-9)14-5-7-18(16,17)8-6-14/h1-4,15H,5-8H2,(H2,12,13). The van der Waals surface area contributed by atoms with Crippen LogP contribution in [0.5, 0.6) is 0 Å². The van der Waals surface area contributed by atoms with Crippen molar-refractivity contribution in [3.8, 4) is 0 Å². The van der Waals surface area contributed by atoms with Crippen molar-refractivity contribution in [2.45, 2.75) is 0 Å². The summed E-state index contributed by atoms with van der Waals surface area (Å²) < 4.78 is 22.6. The van der Waals surface area contributed by atoms with Gasteiger partial charge in [0.05, 0.1) is 11.5 Å². The summed E-state index contributed by atoms with van der Waals surface area (Å²) >= 11 is 0. The Morgan fingerprint density at radius 3 is 2.28 bits per heavy atom. The fraction of sp³-hybridized carbons (Fsp3) is 0.364. The molecule has 7 heteroatoms. The predicted octanol–water partition coefficient (Wildman–Crippen LogP) is 0.0159. The Morgan fingerprint density at radius 2 is 1.78 bits per heavy atom. The summed E-state index contributed by atoms with van der Waals surface area (Å²) in [4.78, 5) is 2.01. The molecule has 0 unspecified atom stereocenters. The first-order valence-corrected chi connectivity index (χ1v) is 7.37. The van der Waals surface area contributed by atoms with E-state index in [0.717, 1.165) is 5.69 Å². The average molecular weight is 269 g/mol. The van der Waals surface area contributed by atoms with E-state index in [1.165, 1.54) is 0 Å². The van der Waals surface area contributed by atoms with Crippen molar-refractivity contribution in [2.75, 3.05) is 29.5 Å². The summed E-state index contributed by atoms with van der Waals surface area (Å²) in [6, 6.07) is 7.16. The lowest BCUT2D eigenvalue weighted by atomic mass is 10.2. The van der Waals surface area contributed by atoms with Crippen LogP contribution in [0.4, 0.5) is 5.69 Å². The molecule has 2 rings (SSSR count). The van der Waals surface area contributed by atoms with Crippen LogP contribution in [-0.2, 0) is 9.84 Å². The molecule has 0 aliphatic carbocycles. The van der Waals surface area contributed by atoms with E-state index in [-0.39, 0.29) is 17.3 Å². The van der Waals surface area contributed by atoms with Gasteiger partial charge in [-0.15, -0.1) is 0 Å². The molecule has 0 spiro atoms. The Balaban J connectivity index is 2.11. The minimum atomic E-state index is -2.86. The number of amidine groups is 1. The molecule has 0 saturated carbocycles. The number of rotatable bonds is 2. The molecule has 1 heterocycles. The monoisotopic (exact) mass is 269 g/mol. The van der Waals surface area contributed by atoms with Gasteiger partial charge in [-0.3, -0.25) is 0 Å². The molecule has 18 heavy (non-hydrogen) atoms. The number of hydrogen-bond donors (Lipinski definition) is 2. The van der Waals surface area contributed by atoms with Gasteiger partial charge in [0.1, 0.15) is 0 Å². The van der Waals surface area contributed by atoms with Crippen LogP contribution < -0.4 is 10.6 Å². The summed E-state index contributed by atoms with van der Waals surface area (Å²) in [5.41, 5.74) is 7.04. The largest absolute Gasteiger partial charge is 0.409 e. The van der Waals surface area contributed by atoms with E-state index in [0.29, 0.717) is 18.7 Å². The van der Waals surface area contributed by atoms with Gasteiger partial charge in [-0.25, -0.2) is 8.42 Å². The van der Waals surface area contributed by atoms with Crippen molar-refractivity contribution in [2.24, 2.45) is 10.9 Å². The van der Waals surface area contributed by atoms with E-state index in [1.807, 2.05) is 17.0 Å². The Hall–Kier alpha value is -1.76. The Bertz CT molecular complexity index is 537. The van der Waals surface area contributed by atoms with Gasteiger partial charge < -0.3 is 15.8 Å². The van der Waals surface area contributed by atoms with Crippen LogP contribution in [0.25, 0.3) is 0 Å². The lowest BCUT2D eigenvalue weighted by Crippen LogP contribution is -2.40. The zero-order valence-electron chi connectivity index (χ0n) is 9.78. The molecule has 0 amide bonds. The number of nitrogens with two attached hydrogens (primary N) is 1. The second-order valence-corrected chi connectivity index (χ2v) is 6.47. The van der Waals surface area contributed by atoms with Gasteiger partial charge in [-0.2, -0.15) is 0 Å². The van der Waals surface area contributed by atoms with Crippen molar-refractivity contribution in [3.63, 3.8) is 0 Å². The van der Waals surface area contributed by atoms with E-state index in [4.69, 9.17) is 10.9 Å². The summed E-state index contributed by atoms with van der Waals surface area (Å²) in [6.07, 6.45) is 0. The third-order valence-corrected chi connectivity index (χ3v) is 4.59. The van der Waals surface area contributed by atoms with Gasteiger partial charge in [0, 0.05) is 24.3 Å². The zero-order chi connectivity index (χ0) is 13.2. The lowest BCUT2D eigenvalue weighted by molar-refractivity contribution is 0.318. The molecule has 98 valence electrons. The molecule has 3 N–H and O–H groups in total. The molecule has 1 saturated heterocycles. The normalized spacial score (nSPS) is 19.8. The van der Waals surface area contributed by atoms with Crippen LogP contribution in [0.15, 0.2) is 29.4 Å². The predicted molar refractivity (Wildman–Crippen MR) is 69.8 cm³/mol. The molecule has 1 aliphatic rings. The van der Waals surface area contributed by atoms with Crippen LogP contribution in [-0.4, -0.2) is 44.1 Å². The minimum Gasteiger partial charge on any atom is -0.409 e. The molecule has 0 radical (unpaired) electrons. The molecule has 6 nitrogen and oxygen atoms in total. The second-order valence-electron chi connectivity index (χ2n) is 4.17. The summed E-state index contributed by atoms with van der Waals surface area (Å²) in [6.45, 7) is 1.01. The maximum absolute atomic E-state index is 11.3. The van der Waals surface area contributed by atoms with E-state index in [1.54, 1.807) is 12.1 Å². The Morgan fingerprint density at radius 1 is 1.22 bits per heavy atom. The Kier molecular flexibility index (Phi) is 3.42. The van der Waals surface area contributed by atoms with Crippen molar-refractivity contribution in [3.05, 3.63) is 29.8 Å². The fourth-order valence-corrected chi connectivity index (χ4v) is 3.07. The molecular weight excluding hydrogens is 254 g/mol. The van der Waals surface area contributed by atoms with Crippen molar-refractivity contribution in [1.29, 1.82) is 0 Å². The van der Waals surface area contributed by atoms with Crippen molar-refractivity contribution in [1.82, 2.24) is 0 Å². The third kappa shape index (κ3) is 2.73. The van der Waals surface area contributed by atoms with E-state index < -0.39 is 9.84 Å². The molecule has 1 fully saturated rings. The first-order valence-electron chi connectivity index (χ1n) is 5.55. The van der Waals surface area contributed by atoms with Crippen LogP contribution in [0.2, 0.25) is 0 Å². The quantitative estimate of drug-likeness (QED) is 0.341. The van der Waals surface area contributed by atoms with Crippen molar-refractivity contribution < 1.29 is 13.6 Å². The fourth-order valence-electron chi connectivity index (χ4n) is 1.87. The maximum Gasteiger partial charge on any atom is 0.170 e. The van der Waals surface area contributed by atoms with Gasteiger partial charge >= 0.3 is 0 Å². The van der Waals surface area contributed by atoms with Gasteiger partial charge in [0.25, 0.3) is 0 Å². The van der Waals surface area contributed by atoms with Gasteiger partial charge in [0.2, 0.25) is 0 Å². The number of benzene rings is 1. The van der Waals surface area contributed by atoms with E-state index in [2.05, 4.69) is 5.16 Å². The first-order chi connectivity index (χ1) is 8.52. The highest BCUT2D eigenvalue weighted by molar-refractivity contribution is 7.91. The van der Waals surface area contributed by atoms with Crippen molar-refractivity contribution >= 4 is 21.4 Å². The molecule has 0 bridgehead atoms. The highest BCUT2D eigenvalue weighted by Gasteiger charge is 2.21. The first kappa shape index (κ1) is 12.7. The molecular formula is C11H15N3O3S. The number of anilines is 1. The summed E-state index contributed by atoms with van der Waals surface area (Å²) in [7, 11) is -2.86. The third-order valence-electron chi connectivity index (χ3n) is 2.98. The number of sulfone groups is 1. The molecule has 1 aromatic carbocycles. The SMILES string of the molecule is N/C(=N\O)c1ccc(N2CCS(=O)(=O)CC2)cc1. The summed E-state index contributed by atoms with van der Waals surface area (Å²) in [5.74, 6) is 0.437. The van der Waals surface area contributed by atoms with Gasteiger partial charge in [0.15, 0.2) is 15.7 Å². The van der Waals surface area contributed by atoms with E-state index in [9.17, 15) is 8.42 Å². The second kappa shape index (κ2) is 4.85. The Labute approximate surface area is 106 Å². The van der Waals surface area contributed by atoms with Crippen LogP contribution in [0.3, 0.4) is 0 Å². The topological polar surface area (TPSA) is 96.0 Å².